The van der Waals surface area contributed by atoms with E-state index in [0.29, 0.717) is 24.7 Å². The summed E-state index contributed by atoms with van der Waals surface area (Å²) in [5.41, 5.74) is 0.562. The van der Waals surface area contributed by atoms with E-state index in [1.807, 2.05) is 6.92 Å². The number of nitrogens with zero attached hydrogens (tertiary/aromatic N) is 1. The van der Waals surface area contributed by atoms with Crippen molar-refractivity contribution in [3.63, 3.8) is 0 Å². The van der Waals surface area contributed by atoms with Gasteiger partial charge in [-0.3, -0.25) is 0 Å². The number of nitrogens with one attached hydrogen (secondary N) is 2. The summed E-state index contributed by atoms with van der Waals surface area (Å²) in [5, 5.41) is 6.41. The van der Waals surface area contributed by atoms with E-state index in [-0.39, 0.29) is 42.4 Å². The second-order valence-electron chi connectivity index (χ2n) is 5.92. The van der Waals surface area contributed by atoms with Gasteiger partial charge in [0.15, 0.2) is 5.96 Å². The predicted molar refractivity (Wildman–Crippen MR) is 117 cm³/mol. The van der Waals surface area contributed by atoms with Crippen molar-refractivity contribution in [1.82, 2.24) is 10.6 Å². The number of ether oxygens (including phenoxy) is 2. The molecule has 0 aliphatic carbocycles. The maximum Gasteiger partial charge on any atom is 0.191 e. The molecule has 1 aromatic carbocycles. The van der Waals surface area contributed by atoms with Crippen LogP contribution in [0.15, 0.2) is 27.7 Å². The lowest BCUT2D eigenvalue weighted by Gasteiger charge is -2.13. The topological polar surface area (TPSA) is 54.9 Å². The molecule has 0 bridgehead atoms. The molecule has 1 fully saturated rings. The summed E-state index contributed by atoms with van der Waals surface area (Å²) >= 11 is 3.36. The zero-order valence-electron chi connectivity index (χ0n) is 15.1. The summed E-state index contributed by atoms with van der Waals surface area (Å²) in [6.45, 7) is 6.01. The number of halogens is 3. The molecular formula is C18H28BrFIN3O2. The molecule has 2 N–H and O–H groups in total. The molecule has 0 saturated carbocycles. The van der Waals surface area contributed by atoms with Crippen molar-refractivity contribution in [2.24, 2.45) is 4.99 Å². The van der Waals surface area contributed by atoms with E-state index >= 15 is 0 Å². The number of rotatable bonds is 9. The highest BCUT2D eigenvalue weighted by atomic mass is 127. The quantitative estimate of drug-likeness (QED) is 0.215. The Balaban J connectivity index is 0.00000338. The highest BCUT2D eigenvalue weighted by Crippen LogP contribution is 2.16. The van der Waals surface area contributed by atoms with Crippen LogP contribution in [0.1, 0.15) is 31.7 Å². The van der Waals surface area contributed by atoms with Crippen LogP contribution < -0.4 is 10.6 Å². The fraction of sp³-hybridized carbons (Fsp3) is 0.611. The summed E-state index contributed by atoms with van der Waals surface area (Å²) in [7, 11) is 0. The van der Waals surface area contributed by atoms with Gasteiger partial charge in [-0.15, -0.1) is 24.0 Å². The van der Waals surface area contributed by atoms with Gasteiger partial charge in [0.1, 0.15) is 5.82 Å². The van der Waals surface area contributed by atoms with E-state index in [2.05, 4.69) is 31.6 Å². The van der Waals surface area contributed by atoms with Crippen molar-refractivity contribution in [1.29, 1.82) is 0 Å². The molecule has 8 heteroatoms. The average molecular weight is 544 g/mol. The molecule has 1 aliphatic rings. The molecule has 0 amide bonds. The zero-order chi connectivity index (χ0) is 17.9. The van der Waals surface area contributed by atoms with Gasteiger partial charge in [0.2, 0.25) is 0 Å². The number of benzene rings is 1. The van der Waals surface area contributed by atoms with Crippen molar-refractivity contribution in [3.05, 3.63) is 34.1 Å². The fourth-order valence-electron chi connectivity index (χ4n) is 2.54. The molecule has 1 aliphatic heterocycles. The number of aliphatic imine (C=N–C) groups is 1. The minimum absolute atomic E-state index is 0. The molecule has 1 atom stereocenters. The second kappa shape index (κ2) is 13.7. The standard InChI is InChI=1S/C18H27BrFN3O2.HI/c1-2-21-18(23-12-14-11-15(19)6-7-17(14)20)22-8-4-9-24-13-16-5-3-10-25-16;/h6-7,11,16H,2-5,8-10,12-13H2,1H3,(H2,21,22,23);1H. The van der Waals surface area contributed by atoms with Crippen molar-refractivity contribution in [3.8, 4) is 0 Å². The first-order valence-electron chi connectivity index (χ1n) is 8.84. The van der Waals surface area contributed by atoms with E-state index in [9.17, 15) is 4.39 Å². The van der Waals surface area contributed by atoms with Crippen molar-refractivity contribution in [2.75, 3.05) is 32.9 Å². The average Bonchev–Trinajstić information content (AvgIpc) is 3.11. The Bertz CT molecular complexity index is 557. The number of guanidine groups is 1. The molecule has 1 heterocycles. The third-order valence-corrected chi connectivity index (χ3v) is 4.34. The molecule has 1 aromatic rings. The van der Waals surface area contributed by atoms with Crippen LogP contribution in [-0.4, -0.2) is 45.0 Å². The fourth-order valence-corrected chi connectivity index (χ4v) is 2.95. The minimum atomic E-state index is -0.245. The largest absolute Gasteiger partial charge is 0.379 e. The van der Waals surface area contributed by atoms with Crippen LogP contribution in [0.4, 0.5) is 4.39 Å². The summed E-state index contributed by atoms with van der Waals surface area (Å²) in [5.74, 6) is 0.436. The van der Waals surface area contributed by atoms with Gasteiger partial charge in [-0.25, -0.2) is 9.38 Å². The Labute approximate surface area is 180 Å². The van der Waals surface area contributed by atoms with E-state index in [1.165, 1.54) is 6.07 Å². The first-order valence-corrected chi connectivity index (χ1v) is 9.63. The molecule has 1 unspecified atom stereocenters. The summed E-state index contributed by atoms with van der Waals surface area (Å²) in [6, 6.07) is 4.88. The van der Waals surface area contributed by atoms with Gasteiger partial charge in [0, 0.05) is 36.3 Å². The Morgan fingerprint density at radius 3 is 3.00 bits per heavy atom. The van der Waals surface area contributed by atoms with Gasteiger partial charge < -0.3 is 20.1 Å². The number of hydrogen-bond donors (Lipinski definition) is 2. The molecule has 0 aromatic heterocycles. The zero-order valence-corrected chi connectivity index (χ0v) is 19.0. The minimum Gasteiger partial charge on any atom is -0.379 e. The first kappa shape index (κ1) is 23.6. The van der Waals surface area contributed by atoms with Gasteiger partial charge in [0.25, 0.3) is 0 Å². The predicted octanol–water partition coefficient (Wildman–Crippen LogP) is 3.85. The van der Waals surface area contributed by atoms with E-state index in [4.69, 9.17) is 9.47 Å². The van der Waals surface area contributed by atoms with Crippen LogP contribution >= 0.6 is 39.9 Å². The SMILES string of the molecule is CCNC(=NCc1cc(Br)ccc1F)NCCCOCC1CCCO1.I. The molecule has 26 heavy (non-hydrogen) atoms. The summed E-state index contributed by atoms with van der Waals surface area (Å²) in [6.07, 6.45) is 3.38. The highest BCUT2D eigenvalue weighted by molar-refractivity contribution is 14.0. The summed E-state index contributed by atoms with van der Waals surface area (Å²) in [4.78, 5) is 4.44. The third kappa shape index (κ3) is 8.96. The lowest BCUT2D eigenvalue weighted by molar-refractivity contribution is 0.0168. The van der Waals surface area contributed by atoms with Crippen LogP contribution in [0.3, 0.4) is 0 Å². The Morgan fingerprint density at radius 1 is 1.42 bits per heavy atom. The van der Waals surface area contributed by atoms with Crippen LogP contribution in [-0.2, 0) is 16.0 Å². The van der Waals surface area contributed by atoms with Gasteiger partial charge in [0.05, 0.1) is 19.3 Å². The van der Waals surface area contributed by atoms with Crippen molar-refractivity contribution >= 4 is 45.9 Å². The van der Waals surface area contributed by atoms with Gasteiger partial charge in [-0.2, -0.15) is 0 Å². The molecule has 0 radical (unpaired) electrons. The van der Waals surface area contributed by atoms with Crippen LogP contribution in [0, 0.1) is 5.82 Å². The molecule has 1 saturated heterocycles. The lowest BCUT2D eigenvalue weighted by atomic mass is 10.2. The van der Waals surface area contributed by atoms with Crippen LogP contribution in [0.2, 0.25) is 0 Å². The van der Waals surface area contributed by atoms with E-state index < -0.39 is 0 Å². The second-order valence-corrected chi connectivity index (χ2v) is 6.84. The monoisotopic (exact) mass is 543 g/mol. The van der Waals surface area contributed by atoms with E-state index in [0.717, 1.165) is 43.4 Å². The molecule has 5 nitrogen and oxygen atoms in total. The molecule has 0 spiro atoms. The highest BCUT2D eigenvalue weighted by Gasteiger charge is 2.14. The maximum absolute atomic E-state index is 13.8. The van der Waals surface area contributed by atoms with E-state index in [1.54, 1.807) is 12.1 Å². The first-order chi connectivity index (χ1) is 12.2. The number of hydrogen-bond acceptors (Lipinski definition) is 3. The van der Waals surface area contributed by atoms with Gasteiger partial charge in [-0.05, 0) is 44.4 Å². The Hall–Kier alpha value is -0.450. The third-order valence-electron chi connectivity index (χ3n) is 3.85. The molecular weight excluding hydrogens is 516 g/mol. The van der Waals surface area contributed by atoms with Crippen LogP contribution in [0.5, 0.6) is 0 Å². The van der Waals surface area contributed by atoms with Crippen LogP contribution in [0.25, 0.3) is 0 Å². The normalized spacial score (nSPS) is 17.0. The van der Waals surface area contributed by atoms with Crippen molar-refractivity contribution < 1.29 is 13.9 Å². The smallest absolute Gasteiger partial charge is 0.191 e. The van der Waals surface area contributed by atoms with Gasteiger partial charge in [-0.1, -0.05) is 15.9 Å². The Morgan fingerprint density at radius 2 is 2.27 bits per heavy atom. The van der Waals surface area contributed by atoms with Crippen molar-refractivity contribution in [2.45, 2.75) is 38.8 Å². The molecule has 148 valence electrons. The maximum atomic E-state index is 13.8. The lowest BCUT2D eigenvalue weighted by Crippen LogP contribution is -2.38. The summed E-state index contributed by atoms with van der Waals surface area (Å²) < 4.78 is 25.8. The Kier molecular flexibility index (Phi) is 12.4. The van der Waals surface area contributed by atoms with Gasteiger partial charge >= 0.3 is 0 Å². The molecule has 2 rings (SSSR count).